The topological polar surface area (TPSA) is 101 Å². The Morgan fingerprint density at radius 2 is 2.07 bits per heavy atom. The van der Waals surface area contributed by atoms with E-state index in [-0.39, 0.29) is 10.6 Å². The second-order valence-corrected chi connectivity index (χ2v) is 7.56. The van der Waals surface area contributed by atoms with Gasteiger partial charge in [0.25, 0.3) is 0 Å². The van der Waals surface area contributed by atoms with Crippen molar-refractivity contribution in [3.63, 3.8) is 0 Å². The van der Waals surface area contributed by atoms with Crippen LogP contribution in [0.25, 0.3) is 11.0 Å². The number of aryl methyl sites for hydroxylation is 1. The summed E-state index contributed by atoms with van der Waals surface area (Å²) in [5.41, 5.74) is -0.225. The van der Waals surface area contributed by atoms with Crippen molar-refractivity contribution >= 4 is 22.6 Å². The van der Waals surface area contributed by atoms with E-state index in [1.54, 1.807) is 16.8 Å². The Hall–Kier alpha value is -2.10. The maximum absolute atomic E-state index is 13.4. The molecule has 148 valence electrons. The van der Waals surface area contributed by atoms with Crippen LogP contribution in [0.3, 0.4) is 0 Å². The second kappa shape index (κ2) is 6.75. The van der Waals surface area contributed by atoms with Crippen LogP contribution in [0.2, 0.25) is 5.02 Å². The first-order valence-corrected chi connectivity index (χ1v) is 9.06. The number of rotatable bonds is 3. The number of halogens is 2. The Bertz CT molecular complexity index is 1040. The van der Waals surface area contributed by atoms with Crippen molar-refractivity contribution < 1.29 is 24.4 Å². The van der Waals surface area contributed by atoms with E-state index in [1.165, 1.54) is 25.4 Å². The number of aliphatic hydroxyl groups is 3. The van der Waals surface area contributed by atoms with Crippen LogP contribution < -0.4 is 0 Å². The molecule has 0 radical (unpaired) electrons. The second-order valence-electron chi connectivity index (χ2n) is 7.16. The normalized spacial score (nSPS) is 28.8. The Kier molecular flexibility index (Phi) is 4.64. The zero-order valence-electron chi connectivity index (χ0n) is 15.1. The molecule has 0 aliphatic carbocycles. The molecule has 3 N–H and O–H groups in total. The summed E-state index contributed by atoms with van der Waals surface area (Å²) in [7, 11) is 0. The van der Waals surface area contributed by atoms with Gasteiger partial charge >= 0.3 is 0 Å². The molecule has 0 spiro atoms. The number of hydrogen-bond acceptors (Lipinski definition) is 6. The molecule has 7 nitrogen and oxygen atoms in total. The first-order valence-electron chi connectivity index (χ1n) is 8.69. The van der Waals surface area contributed by atoms with Gasteiger partial charge in [-0.2, -0.15) is 0 Å². The van der Waals surface area contributed by atoms with Crippen LogP contribution >= 0.6 is 11.6 Å². The predicted molar refractivity (Wildman–Crippen MR) is 99.2 cm³/mol. The summed E-state index contributed by atoms with van der Waals surface area (Å²) in [6.07, 6.45) is -1.79. The van der Waals surface area contributed by atoms with Gasteiger partial charge in [0.15, 0.2) is 6.23 Å². The van der Waals surface area contributed by atoms with Gasteiger partial charge in [0.1, 0.15) is 41.7 Å². The van der Waals surface area contributed by atoms with Crippen molar-refractivity contribution in [1.82, 2.24) is 14.5 Å². The molecule has 1 aromatic carbocycles. The van der Waals surface area contributed by atoms with Gasteiger partial charge < -0.3 is 24.6 Å². The Labute approximate surface area is 165 Å². The standard InChI is InChI=1S/C19H19ClFN3O4/c1-9-11-5-6-24(17(11)23-8-22-9)18-15(26)19(2,27)16(28-18)14(25)10-3-4-13(21)12(20)7-10/h3-8,14-16,18,25-27H,1-2H3/t14-,15+,16-,18-,19+/m1/s1. The molecule has 1 fully saturated rings. The molecule has 9 heteroatoms. The number of ether oxygens (including phenoxy) is 1. The lowest BCUT2D eigenvalue weighted by Gasteiger charge is -2.29. The molecule has 1 aliphatic rings. The fraction of sp³-hybridized carbons (Fsp3) is 0.368. The van der Waals surface area contributed by atoms with E-state index in [0.717, 1.165) is 17.1 Å². The van der Waals surface area contributed by atoms with Gasteiger partial charge in [0, 0.05) is 11.6 Å². The largest absolute Gasteiger partial charge is 0.386 e. The van der Waals surface area contributed by atoms with Crippen molar-refractivity contribution in [2.75, 3.05) is 0 Å². The SMILES string of the molecule is Cc1ncnc2c1ccn2[C@@H]1O[C@H]([C@H](O)c2ccc(F)c(Cl)c2)[C@@](C)(O)[C@H]1O. The van der Waals surface area contributed by atoms with Crippen LogP contribution in [0.4, 0.5) is 4.39 Å². The van der Waals surface area contributed by atoms with Crippen molar-refractivity contribution in [3.8, 4) is 0 Å². The highest BCUT2D eigenvalue weighted by Crippen LogP contribution is 2.43. The maximum atomic E-state index is 13.4. The summed E-state index contributed by atoms with van der Waals surface area (Å²) in [5.74, 6) is -0.622. The Morgan fingerprint density at radius 1 is 1.32 bits per heavy atom. The maximum Gasteiger partial charge on any atom is 0.164 e. The fourth-order valence-corrected chi connectivity index (χ4v) is 3.79. The molecule has 5 atom stereocenters. The number of hydrogen-bond donors (Lipinski definition) is 3. The predicted octanol–water partition coefficient (Wildman–Crippen LogP) is 2.28. The monoisotopic (exact) mass is 407 g/mol. The highest BCUT2D eigenvalue weighted by molar-refractivity contribution is 6.30. The fourth-order valence-electron chi connectivity index (χ4n) is 3.60. The summed E-state index contributed by atoms with van der Waals surface area (Å²) < 4.78 is 20.9. The molecule has 28 heavy (non-hydrogen) atoms. The third-order valence-electron chi connectivity index (χ3n) is 5.29. The van der Waals surface area contributed by atoms with Gasteiger partial charge in [-0.3, -0.25) is 0 Å². The number of aromatic nitrogens is 3. The lowest BCUT2D eigenvalue weighted by atomic mass is 9.88. The minimum atomic E-state index is -1.79. The highest BCUT2D eigenvalue weighted by Gasteiger charge is 2.55. The zero-order chi connectivity index (χ0) is 20.2. The average Bonchev–Trinajstić information content (AvgIpc) is 3.17. The molecular formula is C19H19ClFN3O4. The molecular weight excluding hydrogens is 389 g/mol. The van der Waals surface area contributed by atoms with Crippen LogP contribution in [-0.2, 0) is 4.74 Å². The van der Waals surface area contributed by atoms with Crippen LogP contribution in [0.1, 0.15) is 30.5 Å². The molecule has 0 saturated carbocycles. The molecule has 1 aliphatic heterocycles. The zero-order valence-corrected chi connectivity index (χ0v) is 15.9. The lowest BCUT2D eigenvalue weighted by molar-refractivity contribution is -0.115. The number of fused-ring (bicyclic) bond motifs is 1. The smallest absolute Gasteiger partial charge is 0.164 e. The minimum Gasteiger partial charge on any atom is -0.386 e. The van der Waals surface area contributed by atoms with Crippen LogP contribution in [-0.4, -0.2) is 47.7 Å². The van der Waals surface area contributed by atoms with E-state index in [2.05, 4.69) is 9.97 Å². The summed E-state index contributed by atoms with van der Waals surface area (Å²) in [4.78, 5) is 8.37. The number of aliphatic hydroxyl groups excluding tert-OH is 2. The first-order chi connectivity index (χ1) is 13.2. The third kappa shape index (κ3) is 2.89. The van der Waals surface area contributed by atoms with E-state index in [4.69, 9.17) is 16.3 Å². The molecule has 1 saturated heterocycles. The van der Waals surface area contributed by atoms with E-state index >= 15 is 0 Å². The highest BCUT2D eigenvalue weighted by atomic mass is 35.5. The van der Waals surface area contributed by atoms with Crippen LogP contribution in [0.5, 0.6) is 0 Å². The van der Waals surface area contributed by atoms with Crippen LogP contribution in [0.15, 0.2) is 36.8 Å². The summed E-state index contributed by atoms with van der Waals surface area (Å²) in [6.45, 7) is 3.21. The van der Waals surface area contributed by atoms with Gasteiger partial charge in [-0.15, -0.1) is 0 Å². The molecule has 3 heterocycles. The van der Waals surface area contributed by atoms with E-state index in [1.807, 2.05) is 6.92 Å². The third-order valence-corrected chi connectivity index (χ3v) is 5.58. The molecule has 2 aromatic heterocycles. The van der Waals surface area contributed by atoms with Crippen molar-refractivity contribution in [3.05, 3.63) is 58.9 Å². The molecule has 0 unspecified atom stereocenters. The van der Waals surface area contributed by atoms with Gasteiger partial charge in [-0.1, -0.05) is 17.7 Å². The Balaban J connectivity index is 1.71. The molecule has 0 amide bonds. The van der Waals surface area contributed by atoms with E-state index < -0.39 is 36.0 Å². The summed E-state index contributed by atoms with van der Waals surface area (Å²) >= 11 is 5.80. The average molecular weight is 408 g/mol. The molecule has 4 rings (SSSR count). The van der Waals surface area contributed by atoms with E-state index in [0.29, 0.717) is 5.65 Å². The van der Waals surface area contributed by atoms with Gasteiger partial charge in [-0.25, -0.2) is 14.4 Å². The lowest BCUT2D eigenvalue weighted by Crippen LogP contribution is -2.47. The number of benzene rings is 1. The summed E-state index contributed by atoms with van der Waals surface area (Å²) in [5, 5.41) is 33.0. The number of nitrogens with zero attached hydrogens (tertiary/aromatic N) is 3. The molecule has 0 bridgehead atoms. The van der Waals surface area contributed by atoms with Gasteiger partial charge in [0.05, 0.1) is 10.7 Å². The van der Waals surface area contributed by atoms with Crippen molar-refractivity contribution in [2.24, 2.45) is 0 Å². The first kappa shape index (κ1) is 19.2. The van der Waals surface area contributed by atoms with Gasteiger partial charge in [0.2, 0.25) is 0 Å². The van der Waals surface area contributed by atoms with Crippen molar-refractivity contribution in [1.29, 1.82) is 0 Å². The van der Waals surface area contributed by atoms with Crippen molar-refractivity contribution in [2.45, 2.75) is 44.0 Å². The quantitative estimate of drug-likeness (QED) is 0.615. The van der Waals surface area contributed by atoms with Crippen LogP contribution in [0, 0.1) is 12.7 Å². The van der Waals surface area contributed by atoms with Gasteiger partial charge in [-0.05, 0) is 37.6 Å². The Morgan fingerprint density at radius 3 is 2.79 bits per heavy atom. The molecule has 3 aromatic rings. The van der Waals surface area contributed by atoms with E-state index in [9.17, 15) is 19.7 Å². The minimum absolute atomic E-state index is 0.158. The summed E-state index contributed by atoms with van der Waals surface area (Å²) in [6, 6.07) is 5.53.